The van der Waals surface area contributed by atoms with Crippen LogP contribution in [0.5, 0.6) is 0 Å². The van der Waals surface area contributed by atoms with Crippen molar-refractivity contribution in [3.63, 3.8) is 0 Å². The molecule has 24 heavy (non-hydrogen) atoms. The molecule has 1 amide bonds. The Bertz CT molecular complexity index is 551. The van der Waals surface area contributed by atoms with Crippen molar-refractivity contribution in [2.75, 3.05) is 26.2 Å². The summed E-state index contributed by atoms with van der Waals surface area (Å²) in [6.45, 7) is 7.66. The molecule has 1 saturated carbocycles. The number of piperazine rings is 1. The monoisotopic (exact) mass is 335 g/mol. The zero-order valence-corrected chi connectivity index (χ0v) is 14.9. The first kappa shape index (κ1) is 17.4. The average Bonchev–Trinajstić information content (AvgIpc) is 2.86. The number of oxazole rings is 1. The summed E-state index contributed by atoms with van der Waals surface area (Å²) >= 11 is 0. The summed E-state index contributed by atoms with van der Waals surface area (Å²) in [5.74, 6) is 1.72. The standard InChI is InChI=1S/C18H29N3O3/c1-14-15(2)24-16(19-14)13-20-8-10-21(11-9-20)17(22)12-18(23)6-4-3-5-7-18/h23H,3-13H2,1-2H3. The zero-order valence-electron chi connectivity index (χ0n) is 14.9. The summed E-state index contributed by atoms with van der Waals surface area (Å²) < 4.78 is 5.64. The number of hydrogen-bond donors (Lipinski definition) is 1. The highest BCUT2D eigenvalue weighted by atomic mass is 16.4. The lowest BCUT2D eigenvalue weighted by Crippen LogP contribution is -2.50. The maximum absolute atomic E-state index is 12.5. The van der Waals surface area contributed by atoms with Crippen molar-refractivity contribution in [1.29, 1.82) is 0 Å². The van der Waals surface area contributed by atoms with Crippen LogP contribution < -0.4 is 0 Å². The minimum atomic E-state index is -0.764. The van der Waals surface area contributed by atoms with Crippen LogP contribution in [0.2, 0.25) is 0 Å². The highest BCUT2D eigenvalue weighted by molar-refractivity contribution is 5.77. The van der Waals surface area contributed by atoms with Crippen molar-refractivity contribution in [1.82, 2.24) is 14.8 Å². The molecule has 0 spiro atoms. The van der Waals surface area contributed by atoms with E-state index in [9.17, 15) is 9.90 Å². The molecule has 0 unspecified atom stereocenters. The van der Waals surface area contributed by atoms with E-state index in [1.807, 2.05) is 18.7 Å². The lowest BCUT2D eigenvalue weighted by molar-refractivity contribution is -0.139. The third kappa shape index (κ3) is 4.16. The van der Waals surface area contributed by atoms with Crippen molar-refractivity contribution in [2.45, 2.75) is 64.5 Å². The first-order valence-corrected chi connectivity index (χ1v) is 9.11. The van der Waals surface area contributed by atoms with Crippen molar-refractivity contribution < 1.29 is 14.3 Å². The van der Waals surface area contributed by atoms with Crippen LogP contribution in [0.25, 0.3) is 0 Å². The van der Waals surface area contributed by atoms with Gasteiger partial charge in [0.2, 0.25) is 11.8 Å². The van der Waals surface area contributed by atoms with Gasteiger partial charge in [0.1, 0.15) is 5.76 Å². The maximum Gasteiger partial charge on any atom is 0.225 e. The summed E-state index contributed by atoms with van der Waals surface area (Å²) in [7, 11) is 0. The first-order chi connectivity index (χ1) is 11.5. The van der Waals surface area contributed by atoms with Gasteiger partial charge in [-0.15, -0.1) is 0 Å². The first-order valence-electron chi connectivity index (χ1n) is 9.11. The van der Waals surface area contributed by atoms with E-state index in [4.69, 9.17) is 4.42 Å². The number of carbonyl (C=O) groups is 1. The van der Waals surface area contributed by atoms with Gasteiger partial charge >= 0.3 is 0 Å². The molecule has 2 fully saturated rings. The molecular formula is C18H29N3O3. The molecule has 1 N–H and O–H groups in total. The predicted octanol–water partition coefficient (Wildman–Crippen LogP) is 2.02. The van der Waals surface area contributed by atoms with Crippen LogP contribution in [-0.4, -0.2) is 57.6 Å². The Morgan fingerprint density at radius 3 is 2.42 bits per heavy atom. The van der Waals surface area contributed by atoms with Gasteiger partial charge in [-0.25, -0.2) is 4.98 Å². The zero-order chi connectivity index (χ0) is 17.2. The molecular weight excluding hydrogens is 306 g/mol. The third-order valence-corrected chi connectivity index (χ3v) is 5.42. The van der Waals surface area contributed by atoms with Crippen molar-refractivity contribution in [2.24, 2.45) is 0 Å². The number of rotatable bonds is 4. The van der Waals surface area contributed by atoms with E-state index in [2.05, 4.69) is 9.88 Å². The highest BCUT2D eigenvalue weighted by Gasteiger charge is 2.34. The number of aliphatic hydroxyl groups is 1. The van der Waals surface area contributed by atoms with Gasteiger partial charge in [0.25, 0.3) is 0 Å². The van der Waals surface area contributed by atoms with Gasteiger partial charge in [0, 0.05) is 26.2 Å². The Kier molecular flexibility index (Phi) is 5.25. The second-order valence-electron chi connectivity index (χ2n) is 7.37. The lowest BCUT2D eigenvalue weighted by Gasteiger charge is -2.37. The third-order valence-electron chi connectivity index (χ3n) is 5.42. The normalized spacial score (nSPS) is 21.9. The van der Waals surface area contributed by atoms with Crippen LogP contribution >= 0.6 is 0 Å². The van der Waals surface area contributed by atoms with Crippen LogP contribution in [0.15, 0.2) is 4.42 Å². The Balaban J connectivity index is 1.46. The summed E-state index contributed by atoms with van der Waals surface area (Å²) in [6, 6.07) is 0. The van der Waals surface area contributed by atoms with Gasteiger partial charge in [0.05, 0.1) is 24.3 Å². The van der Waals surface area contributed by atoms with Crippen LogP contribution in [0.1, 0.15) is 55.9 Å². The van der Waals surface area contributed by atoms with Gasteiger partial charge in [0.15, 0.2) is 0 Å². The number of amides is 1. The molecule has 0 aromatic carbocycles. The largest absolute Gasteiger partial charge is 0.444 e. The average molecular weight is 335 g/mol. The number of hydrogen-bond acceptors (Lipinski definition) is 5. The van der Waals surface area contributed by atoms with Gasteiger partial charge in [-0.05, 0) is 26.7 Å². The van der Waals surface area contributed by atoms with Gasteiger partial charge < -0.3 is 14.4 Å². The van der Waals surface area contributed by atoms with Gasteiger partial charge in [-0.3, -0.25) is 9.69 Å². The molecule has 6 heteroatoms. The molecule has 6 nitrogen and oxygen atoms in total. The molecule has 1 aliphatic heterocycles. The minimum absolute atomic E-state index is 0.0989. The number of aryl methyl sites for hydroxylation is 2. The van der Waals surface area contributed by atoms with E-state index < -0.39 is 5.60 Å². The molecule has 3 rings (SSSR count). The van der Waals surface area contributed by atoms with Crippen LogP contribution in [0.3, 0.4) is 0 Å². The topological polar surface area (TPSA) is 69.8 Å². The lowest BCUT2D eigenvalue weighted by atomic mass is 9.82. The number of carbonyl (C=O) groups excluding carboxylic acids is 1. The molecule has 1 saturated heterocycles. The molecule has 134 valence electrons. The van der Waals surface area contributed by atoms with E-state index >= 15 is 0 Å². The number of nitrogens with zero attached hydrogens (tertiary/aromatic N) is 3. The molecule has 1 aromatic heterocycles. The predicted molar refractivity (Wildman–Crippen MR) is 90.5 cm³/mol. The Morgan fingerprint density at radius 2 is 1.83 bits per heavy atom. The summed E-state index contributed by atoms with van der Waals surface area (Å²) in [6.07, 6.45) is 5.06. The van der Waals surface area contributed by atoms with Crippen LogP contribution in [-0.2, 0) is 11.3 Å². The Hall–Kier alpha value is -1.40. The molecule has 1 aliphatic carbocycles. The fourth-order valence-corrected chi connectivity index (χ4v) is 3.73. The van der Waals surface area contributed by atoms with E-state index in [-0.39, 0.29) is 12.3 Å². The van der Waals surface area contributed by atoms with Crippen molar-refractivity contribution >= 4 is 5.91 Å². The van der Waals surface area contributed by atoms with Crippen LogP contribution in [0, 0.1) is 13.8 Å². The van der Waals surface area contributed by atoms with E-state index in [0.717, 1.165) is 56.1 Å². The summed E-state index contributed by atoms with van der Waals surface area (Å²) in [5.41, 5.74) is 0.180. The quantitative estimate of drug-likeness (QED) is 0.911. The fourth-order valence-electron chi connectivity index (χ4n) is 3.73. The maximum atomic E-state index is 12.5. The highest BCUT2D eigenvalue weighted by Crippen LogP contribution is 2.31. The second kappa shape index (κ2) is 7.23. The minimum Gasteiger partial charge on any atom is -0.444 e. The molecule has 0 bridgehead atoms. The molecule has 0 atom stereocenters. The molecule has 1 aromatic rings. The Morgan fingerprint density at radius 1 is 1.17 bits per heavy atom. The second-order valence-corrected chi connectivity index (χ2v) is 7.37. The fraction of sp³-hybridized carbons (Fsp3) is 0.778. The number of aromatic nitrogens is 1. The van der Waals surface area contributed by atoms with Gasteiger partial charge in [-0.1, -0.05) is 19.3 Å². The van der Waals surface area contributed by atoms with Gasteiger partial charge in [-0.2, -0.15) is 0 Å². The van der Waals surface area contributed by atoms with E-state index in [1.54, 1.807) is 0 Å². The molecule has 2 aliphatic rings. The van der Waals surface area contributed by atoms with Crippen LogP contribution in [0.4, 0.5) is 0 Å². The Labute approximate surface area is 143 Å². The smallest absolute Gasteiger partial charge is 0.225 e. The van der Waals surface area contributed by atoms with Crippen molar-refractivity contribution in [3.05, 3.63) is 17.3 Å². The summed E-state index contributed by atoms with van der Waals surface area (Å²) in [5, 5.41) is 10.6. The van der Waals surface area contributed by atoms with E-state index in [0.29, 0.717) is 19.6 Å². The van der Waals surface area contributed by atoms with E-state index in [1.165, 1.54) is 6.42 Å². The van der Waals surface area contributed by atoms with Crippen molar-refractivity contribution in [3.8, 4) is 0 Å². The molecule has 0 radical (unpaired) electrons. The SMILES string of the molecule is Cc1nc(CN2CCN(C(=O)CC3(O)CCCCC3)CC2)oc1C. The summed E-state index contributed by atoms with van der Waals surface area (Å²) in [4.78, 5) is 21.1. The molecule has 2 heterocycles.